The van der Waals surface area contributed by atoms with Gasteiger partial charge in [-0.3, -0.25) is 0 Å². The monoisotopic (exact) mass is 1340 g/mol. The molecule has 0 amide bonds. The van der Waals surface area contributed by atoms with Crippen molar-refractivity contribution in [1.82, 2.24) is 18.4 Å². The predicted octanol–water partition coefficient (Wildman–Crippen LogP) is 27.1. The molecule has 1 N–H and O–H groups in total. The molecule has 24 rings (SSSR count). The molecule has 18 aromatic carbocycles. The van der Waals surface area contributed by atoms with Gasteiger partial charge >= 0.3 is 0 Å². The zero-order valence-electron chi connectivity index (χ0n) is 54.6. The number of nitrogens with zero attached hydrogens (tertiary/aromatic N) is 3. The maximum Gasteiger partial charge on any atom is 0.0620 e. The topological polar surface area (TPSA) is 29.5 Å². The molecule has 0 bridgehead atoms. The lowest BCUT2D eigenvalue weighted by atomic mass is 9.94. The second-order valence-electron chi connectivity index (χ2n) is 27.2. The number of nitrogens with one attached hydrogen (secondary N) is 1. The number of fused-ring (bicyclic) bond motifs is 30. The molecule has 468 valence electrons. The summed E-state index contributed by atoms with van der Waals surface area (Å²) in [5.74, 6) is 0. The highest BCUT2D eigenvalue weighted by molar-refractivity contribution is 9.10. The number of hydrogen-bond acceptors (Lipinski definition) is 0. The Balaban J connectivity index is 0.000000108. The molecular weight excluding hydrogens is 1290 g/mol. The third-order valence-corrected chi connectivity index (χ3v) is 22.5. The molecule has 0 aliphatic carbocycles. The molecule has 0 atom stereocenters. The molecule has 6 aromatic heterocycles. The highest BCUT2D eigenvalue weighted by Gasteiger charge is 2.22. The Bertz CT molecular complexity index is 7540. The van der Waals surface area contributed by atoms with Crippen LogP contribution in [0.3, 0.4) is 0 Å². The zero-order valence-corrected chi connectivity index (χ0v) is 56.1. The van der Waals surface area contributed by atoms with Crippen molar-refractivity contribution in [2.24, 2.45) is 0 Å². The van der Waals surface area contributed by atoms with Crippen molar-refractivity contribution in [3.05, 3.63) is 344 Å². The normalized spacial score (nSPS) is 12.2. The number of aromatic amines is 1. The summed E-state index contributed by atoms with van der Waals surface area (Å²) in [6, 6.07) is 124. The van der Waals surface area contributed by atoms with Crippen molar-refractivity contribution in [1.29, 1.82) is 0 Å². The average Bonchev–Trinajstić information content (AvgIpc) is 1.58. The van der Waals surface area contributed by atoms with Crippen LogP contribution >= 0.6 is 15.9 Å². The lowest BCUT2D eigenvalue weighted by molar-refractivity contribution is 1.19. The van der Waals surface area contributed by atoms with E-state index >= 15 is 0 Å². The number of H-pyrrole nitrogens is 1. The number of benzene rings is 18. The van der Waals surface area contributed by atoms with Crippen molar-refractivity contribution < 1.29 is 0 Å². The van der Waals surface area contributed by atoms with Crippen LogP contribution < -0.4 is 0 Å². The number of para-hydroxylation sites is 6. The first-order valence-electron chi connectivity index (χ1n) is 34.7. The van der Waals surface area contributed by atoms with Gasteiger partial charge in [0.15, 0.2) is 0 Å². The summed E-state index contributed by atoms with van der Waals surface area (Å²) in [5, 5.41) is 31.3. The number of halogens is 1. The SMILES string of the molecule is Brc1ccc2c3ccccc3c3ccccc3c2c1.c1ccc2c(c1)[nH]c1ccc(-c3ccc4c5cccc6c7ccccc7n(c4c3)c65)cc12.c1ccc2c(c1)c1ccccc1c1cc(-n3c4ccccc4c4cc(-c5ccc6c7cccc8c9ccccc9n(c6c5)c87)ccc43)ccc21. The summed E-state index contributed by atoms with van der Waals surface area (Å²) in [5.41, 5.74) is 18.6. The van der Waals surface area contributed by atoms with Crippen molar-refractivity contribution in [2.75, 3.05) is 0 Å². The predicted molar refractivity (Wildman–Crippen MR) is 436 cm³/mol. The smallest absolute Gasteiger partial charge is 0.0620 e. The van der Waals surface area contributed by atoms with Gasteiger partial charge in [0, 0.05) is 85.8 Å². The molecular formula is C96H57BrN4. The molecule has 6 heterocycles. The summed E-state index contributed by atoms with van der Waals surface area (Å²) in [6.45, 7) is 0. The fourth-order valence-corrected chi connectivity index (χ4v) is 18.0. The van der Waals surface area contributed by atoms with E-state index in [-0.39, 0.29) is 0 Å². The lowest BCUT2D eigenvalue weighted by Gasteiger charge is -2.14. The second-order valence-corrected chi connectivity index (χ2v) is 28.1. The lowest BCUT2D eigenvalue weighted by Crippen LogP contribution is -1.94. The highest BCUT2D eigenvalue weighted by Crippen LogP contribution is 2.45. The molecule has 101 heavy (non-hydrogen) atoms. The van der Waals surface area contributed by atoms with Gasteiger partial charge in [-0.2, -0.15) is 0 Å². The summed E-state index contributed by atoms with van der Waals surface area (Å²) in [7, 11) is 0. The minimum absolute atomic E-state index is 1.13. The summed E-state index contributed by atoms with van der Waals surface area (Å²) in [4.78, 5) is 3.54. The largest absolute Gasteiger partial charge is 0.355 e. The van der Waals surface area contributed by atoms with Crippen molar-refractivity contribution in [3.8, 4) is 27.9 Å². The summed E-state index contributed by atoms with van der Waals surface area (Å²) >= 11 is 3.58. The van der Waals surface area contributed by atoms with E-state index in [2.05, 4.69) is 374 Å². The van der Waals surface area contributed by atoms with E-state index < -0.39 is 0 Å². The molecule has 0 aliphatic rings. The van der Waals surface area contributed by atoms with E-state index in [4.69, 9.17) is 0 Å². The molecule has 4 nitrogen and oxygen atoms in total. The minimum atomic E-state index is 1.13. The van der Waals surface area contributed by atoms with Crippen LogP contribution in [0.25, 0.3) is 212 Å². The number of aromatic nitrogens is 4. The van der Waals surface area contributed by atoms with Gasteiger partial charge in [0.1, 0.15) is 0 Å². The van der Waals surface area contributed by atoms with Crippen LogP contribution in [0.5, 0.6) is 0 Å². The standard InChI is InChI=1S/C48H28N2.C30H18N2.C18H11Br/c1-2-12-34-32(10-1)33-11-3-4-13-35(33)42-28-31(22-24-36(34)42)49-44-18-7-6-15-38(44)43-26-29(21-25-46(43)49)30-20-23-39-41-17-9-16-40-37-14-5-8-19-45(37)50(48(40)41)47(39)27-30;1-3-10-26-20(6-1)25-16-18(13-15-27(25)31-26)19-12-14-22-24-9-5-8-23-21-7-2-4-11-28(21)32(30(23)24)29(22)17-19;19-12-9-10-17-15-7-2-1-5-13(15)14-6-3-4-8-16(14)18(17)11-12/h1-28H;1-17,31H;1-11H. The highest BCUT2D eigenvalue weighted by atomic mass is 79.9. The third-order valence-electron chi connectivity index (χ3n) is 22.0. The Morgan fingerprint density at radius 2 is 0.515 bits per heavy atom. The van der Waals surface area contributed by atoms with Crippen molar-refractivity contribution >= 4 is 200 Å². The van der Waals surface area contributed by atoms with Gasteiger partial charge in [-0.05, 0) is 172 Å². The van der Waals surface area contributed by atoms with E-state index in [0.717, 1.165) is 4.47 Å². The molecule has 0 radical (unpaired) electrons. The van der Waals surface area contributed by atoms with E-state index in [0.29, 0.717) is 0 Å². The van der Waals surface area contributed by atoms with Gasteiger partial charge in [0.25, 0.3) is 0 Å². The Labute approximate surface area is 586 Å². The van der Waals surface area contributed by atoms with E-state index in [1.54, 1.807) is 0 Å². The number of hydrogen-bond donors (Lipinski definition) is 1. The quantitative estimate of drug-likeness (QED) is 0.171. The molecule has 24 aromatic rings. The van der Waals surface area contributed by atoms with E-state index in [1.807, 2.05) is 0 Å². The van der Waals surface area contributed by atoms with Crippen molar-refractivity contribution in [3.63, 3.8) is 0 Å². The molecule has 0 fully saturated rings. The fraction of sp³-hybridized carbons (Fsp3) is 0. The van der Waals surface area contributed by atoms with Gasteiger partial charge in [-0.25, -0.2) is 0 Å². The number of rotatable bonds is 3. The van der Waals surface area contributed by atoms with Crippen LogP contribution in [0.2, 0.25) is 0 Å². The second kappa shape index (κ2) is 21.6. The minimum Gasteiger partial charge on any atom is -0.355 e. The van der Waals surface area contributed by atoms with Gasteiger partial charge < -0.3 is 18.4 Å². The first-order valence-corrected chi connectivity index (χ1v) is 35.5. The first-order chi connectivity index (χ1) is 50.0. The van der Waals surface area contributed by atoms with Crippen LogP contribution in [0, 0.1) is 0 Å². The molecule has 5 heteroatoms. The first kappa shape index (κ1) is 56.2. The maximum atomic E-state index is 3.58. The third kappa shape index (κ3) is 8.24. The Morgan fingerprint density at radius 1 is 0.188 bits per heavy atom. The van der Waals surface area contributed by atoms with Crippen LogP contribution in [0.1, 0.15) is 0 Å². The Morgan fingerprint density at radius 3 is 1.03 bits per heavy atom. The zero-order chi connectivity index (χ0) is 66.1. The molecule has 0 unspecified atom stereocenters. The van der Waals surface area contributed by atoms with Gasteiger partial charge in [0.2, 0.25) is 0 Å². The summed E-state index contributed by atoms with van der Waals surface area (Å²) in [6.07, 6.45) is 0. The van der Waals surface area contributed by atoms with Crippen LogP contribution in [0.15, 0.2) is 344 Å². The fourth-order valence-electron chi connectivity index (χ4n) is 17.6. The Hall–Kier alpha value is -12.8. The van der Waals surface area contributed by atoms with Crippen LogP contribution in [0.4, 0.5) is 0 Å². The summed E-state index contributed by atoms with van der Waals surface area (Å²) < 4.78 is 8.49. The maximum absolute atomic E-state index is 3.58. The van der Waals surface area contributed by atoms with Crippen molar-refractivity contribution in [2.45, 2.75) is 0 Å². The molecule has 0 saturated carbocycles. The average molecular weight is 1350 g/mol. The Kier molecular flexibility index (Phi) is 12.0. The van der Waals surface area contributed by atoms with Gasteiger partial charge in [-0.15, -0.1) is 0 Å². The van der Waals surface area contributed by atoms with Gasteiger partial charge in [-0.1, -0.05) is 271 Å². The van der Waals surface area contributed by atoms with E-state index in [1.165, 1.54) is 212 Å². The van der Waals surface area contributed by atoms with Crippen LogP contribution in [-0.4, -0.2) is 18.4 Å². The van der Waals surface area contributed by atoms with E-state index in [9.17, 15) is 0 Å². The molecule has 0 spiro atoms. The van der Waals surface area contributed by atoms with Gasteiger partial charge in [0.05, 0.1) is 44.1 Å². The molecule has 0 saturated heterocycles. The van der Waals surface area contributed by atoms with Crippen LogP contribution in [-0.2, 0) is 0 Å². The molecule has 0 aliphatic heterocycles.